The highest BCUT2D eigenvalue weighted by Gasteiger charge is 2.28. The fourth-order valence-electron chi connectivity index (χ4n) is 1.38. The van der Waals surface area contributed by atoms with E-state index in [-0.39, 0.29) is 11.3 Å². The van der Waals surface area contributed by atoms with Crippen LogP contribution in [0.15, 0.2) is 36.3 Å². The summed E-state index contributed by atoms with van der Waals surface area (Å²) in [6, 6.07) is 5.36. The van der Waals surface area contributed by atoms with Crippen molar-refractivity contribution in [3.8, 4) is 0 Å². The Morgan fingerprint density at radius 1 is 1.35 bits per heavy atom. The number of carboxylic acid groups (broad SMARTS) is 1. The molecule has 3 N–H and O–H groups in total. The molecule has 1 aromatic rings. The number of benzene rings is 1. The molecule has 0 saturated carbocycles. The van der Waals surface area contributed by atoms with Gasteiger partial charge in [0, 0.05) is 0 Å². The van der Waals surface area contributed by atoms with Crippen LogP contribution in [0.3, 0.4) is 0 Å². The van der Waals surface area contributed by atoms with E-state index in [1.807, 2.05) is 4.72 Å². The maximum Gasteiger partial charge on any atom is 0.335 e. The average Bonchev–Trinajstić information content (AvgIpc) is 2.52. The lowest BCUT2D eigenvalue weighted by Crippen LogP contribution is -2.29. The predicted molar refractivity (Wildman–Crippen MR) is 58.6 cm³/mol. The number of nitrogens with one attached hydrogen (secondary N) is 1. The third kappa shape index (κ3) is 2.02. The van der Waals surface area contributed by atoms with Gasteiger partial charge < -0.3 is 10.2 Å². The number of hydrogen-bond acceptors (Lipinski definition) is 4. The number of aliphatic hydroxyl groups excluding tert-OH is 1. The summed E-state index contributed by atoms with van der Waals surface area (Å²) in [5, 5.41) is 17.9. The van der Waals surface area contributed by atoms with E-state index in [4.69, 9.17) is 10.2 Å². The molecule has 0 saturated heterocycles. The van der Waals surface area contributed by atoms with Gasteiger partial charge >= 0.3 is 16.2 Å². The van der Waals surface area contributed by atoms with Crippen LogP contribution < -0.4 is 9.03 Å². The molecule has 7 nitrogen and oxygen atoms in total. The molecule has 0 unspecified atom stereocenters. The minimum absolute atomic E-state index is 0.0440. The van der Waals surface area contributed by atoms with Gasteiger partial charge in [0.1, 0.15) is 0 Å². The maximum absolute atomic E-state index is 11.5. The van der Waals surface area contributed by atoms with E-state index in [9.17, 15) is 13.2 Å². The molecule has 1 heterocycles. The van der Waals surface area contributed by atoms with E-state index in [0.29, 0.717) is 0 Å². The van der Waals surface area contributed by atoms with Gasteiger partial charge in [0.2, 0.25) is 5.88 Å². The number of aliphatic hydroxyl groups is 1. The smallest absolute Gasteiger partial charge is 0.335 e. The molecule has 17 heavy (non-hydrogen) atoms. The summed E-state index contributed by atoms with van der Waals surface area (Å²) in [6.07, 6.45) is 0.955. The molecular formula is C9H8N2O5S. The van der Waals surface area contributed by atoms with Gasteiger partial charge in [-0.3, -0.25) is 0 Å². The normalized spacial score (nSPS) is 17.4. The Balaban J connectivity index is 2.48. The molecule has 90 valence electrons. The van der Waals surface area contributed by atoms with E-state index in [2.05, 4.69) is 0 Å². The van der Waals surface area contributed by atoms with Crippen molar-refractivity contribution in [3.05, 3.63) is 41.9 Å². The summed E-state index contributed by atoms with van der Waals surface area (Å²) >= 11 is 0. The SMILES string of the molecule is O=C(O)c1cccc(N2C=C(O)NS2(=O)=O)c1. The lowest BCUT2D eigenvalue weighted by Gasteiger charge is -2.13. The maximum atomic E-state index is 11.5. The number of rotatable bonds is 2. The van der Waals surface area contributed by atoms with E-state index >= 15 is 0 Å². The van der Waals surface area contributed by atoms with Crippen molar-refractivity contribution in [2.24, 2.45) is 0 Å². The van der Waals surface area contributed by atoms with Crippen LogP contribution in [-0.2, 0) is 10.2 Å². The number of nitrogens with zero attached hydrogens (tertiary/aromatic N) is 1. The van der Waals surface area contributed by atoms with Gasteiger partial charge in [0.15, 0.2) is 0 Å². The average molecular weight is 256 g/mol. The molecular weight excluding hydrogens is 248 g/mol. The van der Waals surface area contributed by atoms with Crippen LogP contribution in [0, 0.1) is 0 Å². The van der Waals surface area contributed by atoms with E-state index in [1.165, 1.54) is 24.3 Å². The van der Waals surface area contributed by atoms with Gasteiger partial charge in [-0.15, -0.1) is 0 Å². The highest BCUT2D eigenvalue weighted by molar-refractivity contribution is 7.91. The quantitative estimate of drug-likeness (QED) is 0.709. The molecule has 1 aromatic carbocycles. The van der Waals surface area contributed by atoms with Gasteiger partial charge in [0.05, 0.1) is 17.5 Å². The zero-order valence-electron chi connectivity index (χ0n) is 8.36. The Bertz CT molecular complexity index is 608. The van der Waals surface area contributed by atoms with Gasteiger partial charge in [-0.25, -0.2) is 13.8 Å². The molecule has 8 heteroatoms. The number of aromatic carboxylic acids is 1. The standard InChI is InChI=1S/C9H8N2O5S/c12-8-5-11(17(15,16)10-8)7-3-1-2-6(4-7)9(13)14/h1-5,10,12H,(H,13,14). The van der Waals surface area contributed by atoms with Gasteiger partial charge in [0.25, 0.3) is 0 Å². The molecule has 0 amide bonds. The summed E-state index contributed by atoms with van der Waals surface area (Å²) in [5.41, 5.74) is 0.0824. The van der Waals surface area contributed by atoms with Crippen LogP contribution in [0.5, 0.6) is 0 Å². The first-order chi connectivity index (χ1) is 7.90. The van der Waals surface area contributed by atoms with Crippen LogP contribution >= 0.6 is 0 Å². The molecule has 0 radical (unpaired) electrons. The Hall–Kier alpha value is -2.22. The summed E-state index contributed by atoms with van der Waals surface area (Å²) in [5.74, 6) is -1.68. The second-order valence-corrected chi connectivity index (χ2v) is 4.82. The number of carboxylic acids is 1. The largest absolute Gasteiger partial charge is 0.493 e. The van der Waals surface area contributed by atoms with E-state index in [1.54, 1.807) is 0 Å². The third-order valence-corrected chi connectivity index (χ3v) is 3.38. The van der Waals surface area contributed by atoms with Gasteiger partial charge in [-0.05, 0) is 18.2 Å². The Labute approximate surface area is 96.8 Å². The second kappa shape index (κ2) is 3.67. The molecule has 0 fully saturated rings. The number of hydrogen-bond donors (Lipinski definition) is 3. The predicted octanol–water partition coefficient (Wildman–Crippen LogP) is 0.396. The van der Waals surface area contributed by atoms with Gasteiger partial charge in [-0.2, -0.15) is 8.42 Å². The fraction of sp³-hybridized carbons (Fsp3) is 0. The number of carbonyl (C=O) groups is 1. The second-order valence-electron chi connectivity index (χ2n) is 3.27. The molecule has 2 rings (SSSR count). The molecule has 0 spiro atoms. The minimum atomic E-state index is -3.88. The van der Waals surface area contributed by atoms with Crippen LogP contribution in [0.1, 0.15) is 10.4 Å². The molecule has 0 atom stereocenters. The highest BCUT2D eigenvalue weighted by atomic mass is 32.2. The molecule has 1 aliphatic heterocycles. The van der Waals surface area contributed by atoms with Crippen molar-refractivity contribution < 1.29 is 23.4 Å². The molecule has 0 aromatic heterocycles. The Morgan fingerprint density at radius 3 is 2.59 bits per heavy atom. The third-order valence-electron chi connectivity index (χ3n) is 2.08. The Morgan fingerprint density at radius 2 is 2.06 bits per heavy atom. The van der Waals surface area contributed by atoms with Crippen LogP contribution in [0.25, 0.3) is 0 Å². The van der Waals surface area contributed by atoms with Crippen molar-refractivity contribution in [1.29, 1.82) is 0 Å². The minimum Gasteiger partial charge on any atom is -0.493 e. The zero-order chi connectivity index (χ0) is 12.6. The first-order valence-electron chi connectivity index (χ1n) is 4.46. The lowest BCUT2D eigenvalue weighted by atomic mass is 10.2. The van der Waals surface area contributed by atoms with Crippen LogP contribution in [0.2, 0.25) is 0 Å². The topological polar surface area (TPSA) is 107 Å². The molecule has 0 aliphatic carbocycles. The Kier molecular flexibility index (Phi) is 2.43. The summed E-state index contributed by atoms with van der Waals surface area (Å²) in [4.78, 5) is 10.7. The van der Waals surface area contributed by atoms with Crippen LogP contribution in [-0.4, -0.2) is 24.6 Å². The van der Waals surface area contributed by atoms with Crippen molar-refractivity contribution in [1.82, 2.24) is 4.72 Å². The first kappa shape index (κ1) is 11.3. The first-order valence-corrected chi connectivity index (χ1v) is 5.90. The van der Waals surface area contributed by atoms with Crippen molar-refractivity contribution in [2.75, 3.05) is 4.31 Å². The monoisotopic (exact) mass is 256 g/mol. The van der Waals surface area contributed by atoms with Gasteiger partial charge in [-0.1, -0.05) is 6.07 Å². The van der Waals surface area contributed by atoms with Crippen LogP contribution in [0.4, 0.5) is 5.69 Å². The molecule has 1 aliphatic rings. The van der Waals surface area contributed by atoms with E-state index in [0.717, 1.165) is 10.5 Å². The van der Waals surface area contributed by atoms with Crippen molar-refractivity contribution >= 4 is 21.9 Å². The van der Waals surface area contributed by atoms with Crippen molar-refractivity contribution in [2.45, 2.75) is 0 Å². The summed E-state index contributed by atoms with van der Waals surface area (Å²) in [7, 11) is -3.88. The fourth-order valence-corrected chi connectivity index (χ4v) is 2.42. The summed E-state index contributed by atoms with van der Waals surface area (Å²) < 4.78 is 25.6. The highest BCUT2D eigenvalue weighted by Crippen LogP contribution is 2.23. The number of anilines is 1. The molecule has 0 bridgehead atoms. The lowest BCUT2D eigenvalue weighted by molar-refractivity contribution is 0.0697. The zero-order valence-corrected chi connectivity index (χ0v) is 9.18. The summed E-state index contributed by atoms with van der Waals surface area (Å²) in [6.45, 7) is 0. The van der Waals surface area contributed by atoms with E-state index < -0.39 is 22.1 Å². The van der Waals surface area contributed by atoms with Crippen molar-refractivity contribution in [3.63, 3.8) is 0 Å².